The summed E-state index contributed by atoms with van der Waals surface area (Å²) in [5.41, 5.74) is 0. The molecule has 0 aromatic carbocycles. The van der Waals surface area contributed by atoms with Crippen LogP contribution >= 0.6 is 0 Å². The molecule has 0 unspecified atom stereocenters. The van der Waals surface area contributed by atoms with E-state index in [9.17, 15) is 9.59 Å². The smallest absolute Gasteiger partial charge is 0.307 e. The number of carbonyl (C=O) groups excluding carboxylic acids is 2. The molecule has 0 saturated carbocycles. The fourth-order valence-electron chi connectivity index (χ4n) is 0.862. The highest BCUT2D eigenvalue weighted by atomic mass is 16.7. The molecule has 0 rings (SSSR count). The lowest BCUT2D eigenvalue weighted by molar-refractivity contribution is -0.154. The van der Waals surface area contributed by atoms with E-state index in [0.717, 1.165) is 0 Å². The summed E-state index contributed by atoms with van der Waals surface area (Å²) >= 11 is 0. The van der Waals surface area contributed by atoms with Crippen molar-refractivity contribution in [3.05, 3.63) is 0 Å². The van der Waals surface area contributed by atoms with Crippen molar-refractivity contribution < 1.29 is 28.5 Å². The summed E-state index contributed by atoms with van der Waals surface area (Å²) in [5.74, 6) is -0.642. The Bertz CT molecular complexity index is 203. The van der Waals surface area contributed by atoms with E-state index >= 15 is 0 Å². The minimum atomic E-state index is -0.327. The van der Waals surface area contributed by atoms with Crippen LogP contribution in [0.2, 0.25) is 0 Å². The second-order valence-corrected chi connectivity index (χ2v) is 2.98. The summed E-state index contributed by atoms with van der Waals surface area (Å²) in [5, 5.41) is 0. The van der Waals surface area contributed by atoms with Gasteiger partial charge in [-0.2, -0.15) is 0 Å². The van der Waals surface area contributed by atoms with Gasteiger partial charge in [-0.05, 0) is 6.42 Å². The van der Waals surface area contributed by atoms with E-state index in [4.69, 9.17) is 4.74 Å². The van der Waals surface area contributed by atoms with Crippen LogP contribution in [0.3, 0.4) is 0 Å². The van der Waals surface area contributed by atoms with Gasteiger partial charge in [-0.1, -0.05) is 0 Å². The Balaban J connectivity index is 3.14. The average Bonchev–Trinajstić information content (AvgIpc) is 2.24. The van der Waals surface area contributed by atoms with Gasteiger partial charge in [0.2, 0.25) is 0 Å². The molecule has 0 radical (unpaired) electrons. The Labute approximate surface area is 94.8 Å². The minimum Gasteiger partial charge on any atom is -0.463 e. The van der Waals surface area contributed by atoms with Crippen LogP contribution in [0, 0.1) is 0 Å². The van der Waals surface area contributed by atoms with Crippen LogP contribution in [-0.4, -0.2) is 45.7 Å². The molecular weight excluding hydrogens is 216 g/mol. The molecule has 0 fully saturated rings. The van der Waals surface area contributed by atoms with Gasteiger partial charge in [0.1, 0.15) is 6.61 Å². The number of methoxy groups -OCH3 is 1. The Morgan fingerprint density at radius 2 is 1.81 bits per heavy atom. The van der Waals surface area contributed by atoms with Gasteiger partial charge in [0, 0.05) is 27.1 Å². The molecule has 94 valence electrons. The maximum Gasteiger partial charge on any atom is 0.307 e. The highest BCUT2D eigenvalue weighted by molar-refractivity contribution is 5.69. The monoisotopic (exact) mass is 234 g/mol. The van der Waals surface area contributed by atoms with Gasteiger partial charge < -0.3 is 18.9 Å². The fourth-order valence-corrected chi connectivity index (χ4v) is 0.862. The van der Waals surface area contributed by atoms with E-state index in [-0.39, 0.29) is 31.8 Å². The Hall–Kier alpha value is -1.14. The van der Waals surface area contributed by atoms with Crippen LogP contribution in [0.5, 0.6) is 0 Å². The molecule has 0 heterocycles. The summed E-state index contributed by atoms with van der Waals surface area (Å²) in [7, 11) is 1.45. The SMILES string of the molecule is COCOC(=O)CCCOCCOC(C)=O. The van der Waals surface area contributed by atoms with Crippen LogP contribution in [-0.2, 0) is 28.5 Å². The molecule has 0 aliphatic heterocycles. The van der Waals surface area contributed by atoms with Gasteiger partial charge in [0.15, 0.2) is 6.79 Å². The molecule has 0 bridgehead atoms. The van der Waals surface area contributed by atoms with E-state index < -0.39 is 0 Å². The molecule has 0 amide bonds. The first-order valence-corrected chi connectivity index (χ1v) is 5.02. The summed E-state index contributed by atoms with van der Waals surface area (Å²) < 4.78 is 19.0. The summed E-state index contributed by atoms with van der Waals surface area (Å²) in [6.45, 7) is 2.33. The summed E-state index contributed by atoms with van der Waals surface area (Å²) in [6, 6.07) is 0. The molecule has 16 heavy (non-hydrogen) atoms. The average molecular weight is 234 g/mol. The molecule has 0 aliphatic carbocycles. The highest BCUT2D eigenvalue weighted by Gasteiger charge is 2.01. The van der Waals surface area contributed by atoms with Crippen molar-refractivity contribution in [2.75, 3.05) is 33.7 Å². The quantitative estimate of drug-likeness (QED) is 0.328. The van der Waals surface area contributed by atoms with E-state index in [2.05, 4.69) is 14.2 Å². The van der Waals surface area contributed by atoms with Gasteiger partial charge in [-0.3, -0.25) is 9.59 Å². The fraction of sp³-hybridized carbons (Fsp3) is 0.800. The molecule has 0 saturated heterocycles. The van der Waals surface area contributed by atoms with Crippen molar-refractivity contribution in [3.63, 3.8) is 0 Å². The van der Waals surface area contributed by atoms with Crippen molar-refractivity contribution in [1.82, 2.24) is 0 Å². The van der Waals surface area contributed by atoms with Crippen LogP contribution in [0.25, 0.3) is 0 Å². The first kappa shape index (κ1) is 14.9. The second kappa shape index (κ2) is 10.4. The second-order valence-electron chi connectivity index (χ2n) is 2.98. The van der Waals surface area contributed by atoms with E-state index in [1.54, 1.807) is 0 Å². The molecule has 6 nitrogen and oxygen atoms in total. The van der Waals surface area contributed by atoms with Crippen molar-refractivity contribution in [2.45, 2.75) is 19.8 Å². The highest BCUT2D eigenvalue weighted by Crippen LogP contribution is 1.94. The van der Waals surface area contributed by atoms with Gasteiger partial charge in [0.25, 0.3) is 0 Å². The van der Waals surface area contributed by atoms with Crippen molar-refractivity contribution in [2.24, 2.45) is 0 Å². The van der Waals surface area contributed by atoms with Crippen LogP contribution in [0.15, 0.2) is 0 Å². The van der Waals surface area contributed by atoms with Crippen molar-refractivity contribution in [3.8, 4) is 0 Å². The standard InChI is InChI=1S/C10H18O6/c1-9(11)15-7-6-14-5-3-4-10(12)16-8-13-2/h3-8H2,1-2H3. The van der Waals surface area contributed by atoms with Crippen LogP contribution in [0.4, 0.5) is 0 Å². The van der Waals surface area contributed by atoms with E-state index in [0.29, 0.717) is 19.6 Å². The number of carbonyl (C=O) groups is 2. The number of rotatable bonds is 9. The molecule has 0 aromatic rings. The maximum atomic E-state index is 11.0. The van der Waals surface area contributed by atoms with Gasteiger partial charge in [-0.15, -0.1) is 0 Å². The Kier molecular flexibility index (Phi) is 9.64. The number of hydrogen-bond donors (Lipinski definition) is 0. The third-order valence-electron chi connectivity index (χ3n) is 1.54. The maximum absolute atomic E-state index is 11.0. The molecule has 0 aliphatic rings. The number of hydrogen-bond acceptors (Lipinski definition) is 6. The van der Waals surface area contributed by atoms with E-state index in [1.807, 2.05) is 0 Å². The summed E-state index contributed by atoms with van der Waals surface area (Å²) in [6.07, 6.45) is 0.861. The zero-order valence-corrected chi connectivity index (χ0v) is 9.69. The largest absolute Gasteiger partial charge is 0.463 e. The van der Waals surface area contributed by atoms with E-state index in [1.165, 1.54) is 14.0 Å². The summed E-state index contributed by atoms with van der Waals surface area (Å²) in [4.78, 5) is 21.3. The third-order valence-corrected chi connectivity index (χ3v) is 1.54. The van der Waals surface area contributed by atoms with Crippen LogP contribution < -0.4 is 0 Å². The first-order chi connectivity index (χ1) is 7.66. The zero-order valence-electron chi connectivity index (χ0n) is 9.69. The molecule has 0 spiro atoms. The first-order valence-electron chi connectivity index (χ1n) is 5.02. The minimum absolute atomic E-state index is 0.0217. The van der Waals surface area contributed by atoms with Crippen molar-refractivity contribution >= 4 is 11.9 Å². The van der Waals surface area contributed by atoms with Crippen LogP contribution in [0.1, 0.15) is 19.8 Å². The molecule has 0 aromatic heterocycles. The predicted octanol–water partition coefficient (Wildman–Crippen LogP) is 0.493. The van der Waals surface area contributed by atoms with Gasteiger partial charge in [0.05, 0.1) is 6.61 Å². The molecule has 0 N–H and O–H groups in total. The topological polar surface area (TPSA) is 71.1 Å². The lowest BCUT2D eigenvalue weighted by atomic mass is 10.3. The lowest BCUT2D eigenvalue weighted by Gasteiger charge is -2.05. The predicted molar refractivity (Wildman–Crippen MR) is 54.7 cm³/mol. The number of esters is 2. The zero-order chi connectivity index (χ0) is 12.2. The Morgan fingerprint density at radius 1 is 1.06 bits per heavy atom. The van der Waals surface area contributed by atoms with Gasteiger partial charge in [-0.25, -0.2) is 0 Å². The van der Waals surface area contributed by atoms with Crippen molar-refractivity contribution in [1.29, 1.82) is 0 Å². The van der Waals surface area contributed by atoms with Gasteiger partial charge >= 0.3 is 11.9 Å². The molecule has 0 atom stereocenters. The molecular formula is C10H18O6. The molecule has 6 heteroatoms. The lowest BCUT2D eigenvalue weighted by Crippen LogP contribution is -2.10. The Morgan fingerprint density at radius 3 is 2.44 bits per heavy atom. The third kappa shape index (κ3) is 10.9. The number of ether oxygens (including phenoxy) is 4. The normalized spacial score (nSPS) is 9.88.